The minimum atomic E-state index is 0.0663. The number of hydrogen-bond acceptors (Lipinski definition) is 3. The van der Waals surface area contributed by atoms with Crippen LogP contribution in [0.5, 0.6) is 5.75 Å². The van der Waals surface area contributed by atoms with Gasteiger partial charge in [0.2, 0.25) is 0 Å². The third-order valence-corrected chi connectivity index (χ3v) is 3.25. The van der Waals surface area contributed by atoms with Crippen LogP contribution in [0.3, 0.4) is 0 Å². The van der Waals surface area contributed by atoms with Gasteiger partial charge in [-0.15, -0.1) is 0 Å². The average molecular weight is 280 g/mol. The standard InChI is InChI=1S/C17H16N2O2/c20-11-14-1-3-15(4-2-14)12-21-17-7-5-16(6-8-17)19-10-9-18-13-19/h1-10,13,20H,11-12H2. The molecule has 0 aliphatic carbocycles. The molecule has 3 aromatic rings. The molecule has 0 unspecified atom stereocenters. The Labute approximate surface area is 123 Å². The predicted octanol–water partition coefficient (Wildman–Crippen LogP) is 2.94. The van der Waals surface area contributed by atoms with Crippen LogP contribution in [0.25, 0.3) is 5.69 Å². The van der Waals surface area contributed by atoms with Gasteiger partial charge in [0.15, 0.2) is 0 Å². The molecule has 0 bridgehead atoms. The molecule has 0 atom stereocenters. The molecule has 3 rings (SSSR count). The van der Waals surface area contributed by atoms with Crippen molar-refractivity contribution < 1.29 is 9.84 Å². The van der Waals surface area contributed by atoms with Gasteiger partial charge in [0.25, 0.3) is 0 Å². The van der Waals surface area contributed by atoms with Crippen molar-refractivity contribution in [1.82, 2.24) is 9.55 Å². The molecule has 0 spiro atoms. The molecule has 1 aromatic heterocycles. The Morgan fingerprint density at radius 3 is 2.29 bits per heavy atom. The van der Waals surface area contributed by atoms with Crippen LogP contribution in [0.2, 0.25) is 0 Å². The summed E-state index contributed by atoms with van der Waals surface area (Å²) in [4.78, 5) is 4.02. The fourth-order valence-corrected chi connectivity index (χ4v) is 2.03. The molecule has 4 nitrogen and oxygen atoms in total. The second-order valence-corrected chi connectivity index (χ2v) is 4.73. The third-order valence-electron chi connectivity index (χ3n) is 3.25. The molecule has 106 valence electrons. The fourth-order valence-electron chi connectivity index (χ4n) is 2.03. The number of aliphatic hydroxyl groups excluding tert-OH is 1. The van der Waals surface area contributed by atoms with Crippen LogP contribution in [0.15, 0.2) is 67.3 Å². The molecule has 0 amide bonds. The summed E-state index contributed by atoms with van der Waals surface area (Å²) in [6, 6.07) is 15.6. The molecule has 0 aliphatic heterocycles. The summed E-state index contributed by atoms with van der Waals surface area (Å²) in [5.74, 6) is 0.824. The smallest absolute Gasteiger partial charge is 0.119 e. The van der Waals surface area contributed by atoms with E-state index in [0.29, 0.717) is 6.61 Å². The molecule has 2 aromatic carbocycles. The van der Waals surface area contributed by atoms with Gasteiger partial charge in [-0.1, -0.05) is 24.3 Å². The van der Waals surface area contributed by atoms with Crippen LogP contribution in [-0.4, -0.2) is 14.7 Å². The normalized spacial score (nSPS) is 10.5. The van der Waals surface area contributed by atoms with E-state index in [4.69, 9.17) is 9.84 Å². The van der Waals surface area contributed by atoms with Crippen LogP contribution in [0, 0.1) is 0 Å². The highest BCUT2D eigenvalue weighted by Crippen LogP contribution is 2.16. The SMILES string of the molecule is OCc1ccc(COc2ccc(-n3ccnc3)cc2)cc1. The quantitative estimate of drug-likeness (QED) is 0.781. The van der Waals surface area contributed by atoms with Crippen molar-refractivity contribution in [2.75, 3.05) is 0 Å². The Morgan fingerprint density at radius 1 is 0.952 bits per heavy atom. The number of imidazole rings is 1. The Morgan fingerprint density at radius 2 is 1.67 bits per heavy atom. The number of rotatable bonds is 5. The lowest BCUT2D eigenvalue weighted by Gasteiger charge is -2.08. The molecule has 0 fully saturated rings. The Kier molecular flexibility index (Phi) is 3.98. The van der Waals surface area contributed by atoms with Gasteiger partial charge in [-0.25, -0.2) is 4.98 Å². The Bertz CT molecular complexity index is 674. The van der Waals surface area contributed by atoms with E-state index in [0.717, 1.165) is 22.6 Å². The second-order valence-electron chi connectivity index (χ2n) is 4.73. The van der Waals surface area contributed by atoms with E-state index >= 15 is 0 Å². The highest BCUT2D eigenvalue weighted by molar-refractivity contribution is 5.37. The van der Waals surface area contributed by atoms with Gasteiger partial charge in [0.05, 0.1) is 12.9 Å². The van der Waals surface area contributed by atoms with Crippen molar-refractivity contribution in [2.45, 2.75) is 13.2 Å². The summed E-state index contributed by atoms with van der Waals surface area (Å²) in [5.41, 5.74) is 3.03. The van der Waals surface area contributed by atoms with E-state index in [-0.39, 0.29) is 6.61 Å². The largest absolute Gasteiger partial charge is 0.489 e. The molecule has 1 heterocycles. The van der Waals surface area contributed by atoms with Crippen LogP contribution in [-0.2, 0) is 13.2 Å². The van der Waals surface area contributed by atoms with Crippen LogP contribution in [0.4, 0.5) is 0 Å². The summed E-state index contributed by atoms with van der Waals surface area (Å²) in [6.07, 6.45) is 5.41. The minimum Gasteiger partial charge on any atom is -0.489 e. The lowest BCUT2D eigenvalue weighted by atomic mass is 10.1. The summed E-state index contributed by atoms with van der Waals surface area (Å²) < 4.78 is 7.69. The first-order chi connectivity index (χ1) is 10.3. The first kappa shape index (κ1) is 13.4. The molecule has 4 heteroatoms. The van der Waals surface area contributed by atoms with E-state index in [1.54, 1.807) is 12.5 Å². The van der Waals surface area contributed by atoms with Crippen LogP contribution < -0.4 is 4.74 Å². The third kappa shape index (κ3) is 3.30. The number of hydrogen-bond donors (Lipinski definition) is 1. The first-order valence-electron chi connectivity index (χ1n) is 6.75. The predicted molar refractivity (Wildman–Crippen MR) is 80.3 cm³/mol. The van der Waals surface area contributed by atoms with Gasteiger partial charge in [0, 0.05) is 18.1 Å². The van der Waals surface area contributed by atoms with E-state index in [2.05, 4.69) is 4.98 Å². The van der Waals surface area contributed by atoms with Crippen LogP contribution >= 0.6 is 0 Å². The number of aliphatic hydroxyl groups is 1. The molecular formula is C17H16N2O2. The molecular weight excluding hydrogens is 264 g/mol. The van der Waals surface area contributed by atoms with E-state index in [9.17, 15) is 0 Å². The molecule has 0 aliphatic rings. The van der Waals surface area contributed by atoms with Crippen molar-refractivity contribution in [1.29, 1.82) is 0 Å². The zero-order chi connectivity index (χ0) is 14.5. The minimum absolute atomic E-state index is 0.0663. The lowest BCUT2D eigenvalue weighted by molar-refractivity contribution is 0.281. The molecule has 0 radical (unpaired) electrons. The van der Waals surface area contributed by atoms with Gasteiger partial charge in [-0.2, -0.15) is 0 Å². The fraction of sp³-hybridized carbons (Fsp3) is 0.118. The van der Waals surface area contributed by atoms with E-state index in [1.165, 1.54) is 0 Å². The highest BCUT2D eigenvalue weighted by Gasteiger charge is 1.99. The number of nitrogens with zero attached hydrogens (tertiary/aromatic N) is 2. The summed E-state index contributed by atoms with van der Waals surface area (Å²) in [7, 11) is 0. The lowest BCUT2D eigenvalue weighted by Crippen LogP contribution is -1.96. The summed E-state index contributed by atoms with van der Waals surface area (Å²) in [6.45, 7) is 0.576. The molecule has 0 saturated heterocycles. The van der Waals surface area contributed by atoms with Gasteiger partial charge in [-0.05, 0) is 35.4 Å². The summed E-state index contributed by atoms with van der Waals surface area (Å²) in [5, 5.41) is 9.00. The average Bonchev–Trinajstić information content (AvgIpc) is 3.08. The van der Waals surface area contributed by atoms with Crippen molar-refractivity contribution in [2.24, 2.45) is 0 Å². The number of benzene rings is 2. The van der Waals surface area contributed by atoms with Crippen molar-refractivity contribution in [3.63, 3.8) is 0 Å². The van der Waals surface area contributed by atoms with Crippen molar-refractivity contribution in [3.05, 3.63) is 78.4 Å². The maximum atomic E-state index is 9.00. The van der Waals surface area contributed by atoms with Crippen LogP contribution in [0.1, 0.15) is 11.1 Å². The molecule has 0 saturated carbocycles. The maximum Gasteiger partial charge on any atom is 0.119 e. The van der Waals surface area contributed by atoms with Crippen molar-refractivity contribution in [3.8, 4) is 11.4 Å². The van der Waals surface area contributed by atoms with Gasteiger partial charge in [-0.3, -0.25) is 0 Å². The zero-order valence-corrected chi connectivity index (χ0v) is 11.5. The van der Waals surface area contributed by atoms with Gasteiger partial charge >= 0.3 is 0 Å². The van der Waals surface area contributed by atoms with E-state index < -0.39 is 0 Å². The molecule has 21 heavy (non-hydrogen) atoms. The zero-order valence-electron chi connectivity index (χ0n) is 11.5. The number of aromatic nitrogens is 2. The van der Waals surface area contributed by atoms with Gasteiger partial charge < -0.3 is 14.4 Å². The Hall–Kier alpha value is -2.59. The summed E-state index contributed by atoms with van der Waals surface area (Å²) >= 11 is 0. The first-order valence-corrected chi connectivity index (χ1v) is 6.75. The van der Waals surface area contributed by atoms with Crippen molar-refractivity contribution >= 4 is 0 Å². The second kappa shape index (κ2) is 6.24. The topological polar surface area (TPSA) is 47.3 Å². The Balaban J connectivity index is 1.62. The van der Waals surface area contributed by atoms with Gasteiger partial charge in [0.1, 0.15) is 12.4 Å². The number of ether oxygens (including phenoxy) is 1. The monoisotopic (exact) mass is 280 g/mol. The highest BCUT2D eigenvalue weighted by atomic mass is 16.5. The van der Waals surface area contributed by atoms with E-state index in [1.807, 2.05) is 59.3 Å². The maximum absolute atomic E-state index is 9.00. The molecule has 1 N–H and O–H groups in total.